The molecule has 0 bridgehead atoms. The van der Waals surface area contributed by atoms with Crippen LogP contribution in [0.3, 0.4) is 0 Å². The predicted molar refractivity (Wildman–Crippen MR) is 144 cm³/mol. The third-order valence-electron chi connectivity index (χ3n) is 6.26. The molecule has 5 rings (SSSR count). The van der Waals surface area contributed by atoms with Crippen molar-refractivity contribution in [2.24, 2.45) is 0 Å². The maximum atomic E-state index is 13.5. The van der Waals surface area contributed by atoms with Crippen LogP contribution in [0.25, 0.3) is 26.7 Å². The van der Waals surface area contributed by atoms with Gasteiger partial charge in [-0.1, -0.05) is 42.5 Å². The van der Waals surface area contributed by atoms with Crippen LogP contribution in [-0.4, -0.2) is 23.5 Å². The first-order valence-corrected chi connectivity index (χ1v) is 12.6. The number of thiophene rings is 1. The number of anilines is 1. The van der Waals surface area contributed by atoms with Gasteiger partial charge in [0.2, 0.25) is 0 Å². The molecule has 0 radical (unpaired) electrons. The van der Waals surface area contributed by atoms with E-state index in [0.29, 0.717) is 16.6 Å². The summed E-state index contributed by atoms with van der Waals surface area (Å²) in [7, 11) is 0. The first-order valence-electron chi connectivity index (χ1n) is 11.7. The third kappa shape index (κ3) is 4.33. The lowest BCUT2D eigenvalue weighted by Crippen LogP contribution is -2.22. The van der Waals surface area contributed by atoms with E-state index in [1.807, 2.05) is 60.0 Å². The molecule has 3 aromatic heterocycles. The number of carbonyl (C=O) groups is 1. The predicted octanol–water partition coefficient (Wildman–Crippen LogP) is 6.38. The normalized spacial score (nSPS) is 11.1. The molecule has 3 heterocycles. The van der Waals surface area contributed by atoms with Crippen molar-refractivity contribution in [3.8, 4) is 11.1 Å². The van der Waals surface area contributed by atoms with E-state index < -0.39 is 5.97 Å². The molecule has 0 N–H and O–H groups in total. The fourth-order valence-corrected chi connectivity index (χ4v) is 5.39. The van der Waals surface area contributed by atoms with E-state index in [4.69, 9.17) is 4.74 Å². The molecule has 0 aliphatic heterocycles. The number of rotatable bonds is 7. The minimum atomic E-state index is -0.450. The second-order valence-electron chi connectivity index (χ2n) is 8.30. The van der Waals surface area contributed by atoms with Crippen LogP contribution in [-0.2, 0) is 11.3 Å². The summed E-state index contributed by atoms with van der Waals surface area (Å²) in [6, 6.07) is 23.1. The van der Waals surface area contributed by atoms with E-state index in [-0.39, 0.29) is 12.2 Å². The number of nitrogens with zero attached hydrogens (tertiary/aromatic N) is 2. The summed E-state index contributed by atoms with van der Waals surface area (Å²) in [6.45, 7) is 6.20. The average molecular weight is 483 g/mol. The van der Waals surface area contributed by atoms with Crippen LogP contribution in [0.1, 0.15) is 29.8 Å². The molecule has 35 heavy (non-hydrogen) atoms. The van der Waals surface area contributed by atoms with Crippen molar-refractivity contribution in [3.05, 3.63) is 106 Å². The molecular weight excluding hydrogens is 456 g/mol. The number of carbonyl (C=O) groups excluding carboxylic acids is 1. The van der Waals surface area contributed by atoms with Gasteiger partial charge in [0.05, 0.1) is 15.8 Å². The molecule has 0 unspecified atom stereocenters. The zero-order chi connectivity index (χ0) is 24.4. The summed E-state index contributed by atoms with van der Waals surface area (Å²) in [5, 5.41) is 2.96. The monoisotopic (exact) mass is 482 g/mol. The smallest absolute Gasteiger partial charge is 0.340 e. The van der Waals surface area contributed by atoms with E-state index in [9.17, 15) is 9.59 Å². The fourth-order valence-electron chi connectivity index (χ4n) is 4.45. The van der Waals surface area contributed by atoms with E-state index in [1.54, 1.807) is 16.7 Å². The minimum Gasteiger partial charge on any atom is -0.457 e. The van der Waals surface area contributed by atoms with Crippen molar-refractivity contribution in [1.82, 2.24) is 4.40 Å². The first-order chi connectivity index (χ1) is 17.1. The van der Waals surface area contributed by atoms with Gasteiger partial charge in [0.15, 0.2) is 0 Å². The summed E-state index contributed by atoms with van der Waals surface area (Å²) < 4.78 is 8.27. The Morgan fingerprint density at radius 3 is 2.54 bits per heavy atom. The van der Waals surface area contributed by atoms with Crippen molar-refractivity contribution in [3.63, 3.8) is 0 Å². The molecule has 0 spiro atoms. The molecule has 5 nitrogen and oxygen atoms in total. The van der Waals surface area contributed by atoms with Gasteiger partial charge in [0.1, 0.15) is 6.61 Å². The Bertz CT molecular complexity index is 1570. The zero-order valence-corrected chi connectivity index (χ0v) is 20.5. The highest BCUT2D eigenvalue weighted by atomic mass is 32.1. The van der Waals surface area contributed by atoms with Gasteiger partial charge in [0.25, 0.3) is 5.56 Å². The molecule has 0 aliphatic carbocycles. The number of fused-ring (bicyclic) bond motifs is 3. The third-order valence-corrected chi connectivity index (χ3v) is 7.20. The van der Waals surface area contributed by atoms with Gasteiger partial charge in [-0.2, -0.15) is 0 Å². The highest BCUT2D eigenvalue weighted by molar-refractivity contribution is 7.18. The number of esters is 1. The zero-order valence-electron chi connectivity index (χ0n) is 19.7. The lowest BCUT2D eigenvalue weighted by Gasteiger charge is -2.21. The minimum absolute atomic E-state index is 0.153. The molecule has 0 saturated carbocycles. The van der Waals surface area contributed by atoms with Crippen LogP contribution in [0.4, 0.5) is 5.69 Å². The SMILES string of the molecule is CCN(CC)c1cccc(COC(=O)c2cc(-c3ccccc3)c(=O)n3ccc4ccsc4c23)c1. The van der Waals surface area contributed by atoms with E-state index in [1.165, 1.54) is 11.3 Å². The Morgan fingerprint density at radius 2 is 1.77 bits per heavy atom. The number of pyridine rings is 2. The molecule has 0 fully saturated rings. The van der Waals surface area contributed by atoms with Crippen molar-refractivity contribution >= 4 is 38.6 Å². The van der Waals surface area contributed by atoms with Crippen LogP contribution >= 0.6 is 11.3 Å². The molecule has 0 saturated heterocycles. The summed E-state index contributed by atoms with van der Waals surface area (Å²) in [5.74, 6) is -0.450. The Labute approximate surface area is 207 Å². The van der Waals surface area contributed by atoms with Gasteiger partial charge in [-0.3, -0.25) is 9.20 Å². The standard InChI is InChI=1S/C29H26N2O3S/c1-3-30(4-2)23-12-8-9-20(17-23)19-34-29(33)25-18-24(21-10-6-5-7-11-21)28(32)31-15-13-22-14-16-35-27(22)26(25)31/h5-18H,3-4,19H2,1-2H3. The fraction of sp³-hybridized carbons (Fsp3) is 0.172. The largest absolute Gasteiger partial charge is 0.457 e. The van der Waals surface area contributed by atoms with Gasteiger partial charge in [-0.05, 0) is 66.1 Å². The van der Waals surface area contributed by atoms with Crippen molar-refractivity contribution in [2.75, 3.05) is 18.0 Å². The van der Waals surface area contributed by atoms with Crippen molar-refractivity contribution < 1.29 is 9.53 Å². The molecule has 6 heteroatoms. The molecule has 2 aromatic carbocycles. The summed E-state index contributed by atoms with van der Waals surface area (Å²) in [5.41, 5.74) is 4.07. The first kappa shape index (κ1) is 22.9. The van der Waals surface area contributed by atoms with Gasteiger partial charge < -0.3 is 9.64 Å². The van der Waals surface area contributed by atoms with Crippen LogP contribution in [0.15, 0.2) is 89.2 Å². The quantitative estimate of drug-likeness (QED) is 0.253. The van der Waals surface area contributed by atoms with Gasteiger partial charge in [-0.25, -0.2) is 4.79 Å². The molecule has 176 valence electrons. The summed E-state index contributed by atoms with van der Waals surface area (Å²) >= 11 is 1.51. The van der Waals surface area contributed by atoms with Gasteiger partial charge in [0, 0.05) is 30.5 Å². The molecule has 0 atom stereocenters. The second kappa shape index (κ2) is 9.76. The van der Waals surface area contributed by atoms with Gasteiger partial charge in [-0.15, -0.1) is 11.3 Å². The maximum absolute atomic E-state index is 13.5. The highest BCUT2D eigenvalue weighted by Crippen LogP contribution is 2.30. The van der Waals surface area contributed by atoms with Crippen LogP contribution in [0.2, 0.25) is 0 Å². The number of hydrogen-bond donors (Lipinski definition) is 0. The Kier molecular flexibility index (Phi) is 6.38. The summed E-state index contributed by atoms with van der Waals surface area (Å²) in [4.78, 5) is 29.1. The second-order valence-corrected chi connectivity index (χ2v) is 9.22. The van der Waals surface area contributed by atoms with Gasteiger partial charge >= 0.3 is 5.97 Å². The molecule has 0 aliphatic rings. The van der Waals surface area contributed by atoms with Crippen LogP contribution in [0, 0.1) is 0 Å². The van der Waals surface area contributed by atoms with Crippen LogP contribution in [0.5, 0.6) is 0 Å². The van der Waals surface area contributed by atoms with E-state index in [2.05, 4.69) is 30.9 Å². The van der Waals surface area contributed by atoms with Crippen molar-refractivity contribution in [2.45, 2.75) is 20.5 Å². The molecular formula is C29H26N2O3S. The summed E-state index contributed by atoms with van der Waals surface area (Å²) in [6.07, 6.45) is 1.74. The Hall–Kier alpha value is -3.90. The number of hydrogen-bond acceptors (Lipinski definition) is 5. The Balaban J connectivity index is 1.57. The average Bonchev–Trinajstić information content (AvgIpc) is 3.38. The highest BCUT2D eigenvalue weighted by Gasteiger charge is 2.20. The van der Waals surface area contributed by atoms with E-state index >= 15 is 0 Å². The maximum Gasteiger partial charge on any atom is 0.340 e. The van der Waals surface area contributed by atoms with E-state index in [0.717, 1.165) is 40.0 Å². The number of ether oxygens (including phenoxy) is 1. The lowest BCUT2D eigenvalue weighted by atomic mass is 10.0. The molecule has 0 amide bonds. The van der Waals surface area contributed by atoms with Crippen LogP contribution < -0.4 is 10.5 Å². The van der Waals surface area contributed by atoms with Crippen molar-refractivity contribution in [1.29, 1.82) is 0 Å². The Morgan fingerprint density at radius 1 is 0.971 bits per heavy atom. The number of aromatic nitrogens is 1. The lowest BCUT2D eigenvalue weighted by molar-refractivity contribution is 0.0474. The molecule has 5 aromatic rings. The number of benzene rings is 2. The topological polar surface area (TPSA) is 51.0 Å².